The van der Waals surface area contributed by atoms with Crippen LogP contribution in [-0.2, 0) is 22.0 Å². The predicted octanol–water partition coefficient (Wildman–Crippen LogP) is 2.53. The lowest BCUT2D eigenvalue weighted by molar-refractivity contribution is 0.463. The van der Waals surface area contributed by atoms with Gasteiger partial charge in [0, 0.05) is 13.6 Å². The van der Waals surface area contributed by atoms with Crippen molar-refractivity contribution < 1.29 is 8.42 Å². The van der Waals surface area contributed by atoms with Gasteiger partial charge in [-0.3, -0.25) is 5.10 Å². The number of aromatic amines is 1. The Morgan fingerprint density at radius 3 is 2.24 bits per heavy atom. The van der Waals surface area contributed by atoms with E-state index in [9.17, 15) is 8.42 Å². The first-order valence-corrected chi connectivity index (χ1v) is 8.20. The Bertz CT molecular complexity index is 684. The zero-order valence-corrected chi connectivity index (χ0v) is 13.6. The summed E-state index contributed by atoms with van der Waals surface area (Å²) in [6.45, 7) is 6.77. The van der Waals surface area contributed by atoms with Crippen molar-refractivity contribution in [3.63, 3.8) is 0 Å². The van der Waals surface area contributed by atoms with Crippen LogP contribution in [0.15, 0.2) is 41.6 Å². The highest BCUT2D eigenvalue weighted by atomic mass is 32.2. The predicted molar refractivity (Wildman–Crippen MR) is 82.4 cm³/mol. The highest BCUT2D eigenvalue weighted by molar-refractivity contribution is 7.89. The van der Waals surface area contributed by atoms with E-state index in [1.807, 2.05) is 24.3 Å². The van der Waals surface area contributed by atoms with Gasteiger partial charge in [-0.05, 0) is 22.6 Å². The van der Waals surface area contributed by atoms with E-state index in [0.29, 0.717) is 6.54 Å². The molecule has 1 N–H and O–H groups in total. The van der Waals surface area contributed by atoms with Crippen LogP contribution >= 0.6 is 0 Å². The van der Waals surface area contributed by atoms with Gasteiger partial charge in [0.25, 0.3) is 10.0 Å². The molecule has 0 amide bonds. The van der Waals surface area contributed by atoms with E-state index in [4.69, 9.17) is 0 Å². The van der Waals surface area contributed by atoms with Crippen LogP contribution in [0.4, 0.5) is 0 Å². The van der Waals surface area contributed by atoms with Crippen LogP contribution in [0, 0.1) is 0 Å². The van der Waals surface area contributed by atoms with E-state index in [1.165, 1.54) is 22.1 Å². The third kappa shape index (κ3) is 3.51. The summed E-state index contributed by atoms with van der Waals surface area (Å²) in [7, 11) is -1.95. The second kappa shape index (κ2) is 5.61. The van der Waals surface area contributed by atoms with Crippen molar-refractivity contribution in [2.24, 2.45) is 0 Å². The minimum Gasteiger partial charge on any atom is -0.266 e. The molecule has 0 bridgehead atoms. The van der Waals surface area contributed by atoms with E-state index in [0.717, 1.165) is 5.56 Å². The molecule has 0 radical (unpaired) electrons. The molecule has 0 saturated carbocycles. The van der Waals surface area contributed by atoms with Crippen LogP contribution in [0.3, 0.4) is 0 Å². The van der Waals surface area contributed by atoms with Crippen molar-refractivity contribution in [1.82, 2.24) is 14.5 Å². The molecule has 1 aromatic heterocycles. The van der Waals surface area contributed by atoms with E-state index < -0.39 is 10.0 Å². The standard InChI is InChI=1S/C15H21N3O2S/c1-15(2,3)13-7-5-12(6-8-13)11-18(4)21(19,20)14-9-10-16-17-14/h5-10H,11H2,1-4H3,(H,16,17). The van der Waals surface area contributed by atoms with Crippen molar-refractivity contribution in [1.29, 1.82) is 0 Å². The SMILES string of the molecule is CN(Cc1ccc(C(C)(C)C)cc1)S(=O)(=O)c1ccn[nH]1. The van der Waals surface area contributed by atoms with Crippen LogP contribution in [-0.4, -0.2) is 30.0 Å². The van der Waals surface area contributed by atoms with Crippen molar-refractivity contribution in [2.45, 2.75) is 37.8 Å². The lowest BCUT2D eigenvalue weighted by Crippen LogP contribution is -2.26. The van der Waals surface area contributed by atoms with Crippen molar-refractivity contribution >= 4 is 10.0 Å². The quantitative estimate of drug-likeness (QED) is 0.944. The largest absolute Gasteiger partial charge is 0.266 e. The molecule has 0 aliphatic heterocycles. The Kier molecular flexibility index (Phi) is 4.20. The fourth-order valence-corrected chi connectivity index (χ4v) is 3.06. The Hall–Kier alpha value is -1.66. The molecule has 0 fully saturated rings. The lowest BCUT2D eigenvalue weighted by atomic mass is 9.87. The van der Waals surface area contributed by atoms with Crippen LogP contribution in [0.5, 0.6) is 0 Å². The number of rotatable bonds is 4. The van der Waals surface area contributed by atoms with Gasteiger partial charge in [-0.1, -0.05) is 45.0 Å². The molecule has 1 heterocycles. The first kappa shape index (κ1) is 15.7. The molecular formula is C15H21N3O2S. The highest BCUT2D eigenvalue weighted by Gasteiger charge is 2.22. The average molecular weight is 307 g/mol. The maximum absolute atomic E-state index is 12.3. The van der Waals surface area contributed by atoms with Gasteiger partial charge in [0.2, 0.25) is 0 Å². The zero-order chi connectivity index (χ0) is 15.7. The molecule has 0 spiro atoms. The van der Waals surface area contributed by atoms with Gasteiger partial charge in [-0.15, -0.1) is 0 Å². The van der Waals surface area contributed by atoms with Crippen molar-refractivity contribution in [3.05, 3.63) is 47.7 Å². The number of hydrogen-bond acceptors (Lipinski definition) is 3. The highest BCUT2D eigenvalue weighted by Crippen LogP contribution is 2.23. The molecule has 0 saturated heterocycles. The molecule has 6 heteroatoms. The molecular weight excluding hydrogens is 286 g/mol. The Morgan fingerprint density at radius 2 is 1.76 bits per heavy atom. The first-order valence-electron chi connectivity index (χ1n) is 6.76. The van der Waals surface area contributed by atoms with Crippen LogP contribution in [0.25, 0.3) is 0 Å². The Morgan fingerprint density at radius 1 is 1.14 bits per heavy atom. The molecule has 1 aromatic carbocycles. The molecule has 21 heavy (non-hydrogen) atoms. The number of hydrogen-bond donors (Lipinski definition) is 1. The van der Waals surface area contributed by atoms with Crippen LogP contribution < -0.4 is 0 Å². The molecule has 2 aromatic rings. The van der Waals surface area contributed by atoms with Gasteiger partial charge in [0.15, 0.2) is 5.03 Å². The smallest absolute Gasteiger partial charge is 0.260 e. The summed E-state index contributed by atoms with van der Waals surface area (Å²) in [5.74, 6) is 0. The monoisotopic (exact) mass is 307 g/mol. The summed E-state index contributed by atoms with van der Waals surface area (Å²) in [6, 6.07) is 9.49. The average Bonchev–Trinajstić information content (AvgIpc) is 2.92. The maximum Gasteiger partial charge on any atom is 0.260 e. The number of aromatic nitrogens is 2. The van der Waals surface area contributed by atoms with Gasteiger partial charge >= 0.3 is 0 Å². The van der Waals surface area contributed by atoms with Gasteiger partial charge in [-0.2, -0.15) is 9.40 Å². The minimum atomic E-state index is -3.52. The number of H-pyrrole nitrogens is 1. The van der Waals surface area contributed by atoms with E-state index in [1.54, 1.807) is 7.05 Å². The molecule has 2 rings (SSSR count). The summed E-state index contributed by atoms with van der Waals surface area (Å²) in [5, 5.41) is 6.29. The van der Waals surface area contributed by atoms with Crippen LogP contribution in [0.2, 0.25) is 0 Å². The molecule has 0 atom stereocenters. The Labute approximate surface area is 126 Å². The Balaban J connectivity index is 2.15. The number of benzene rings is 1. The second-order valence-electron chi connectivity index (χ2n) is 6.13. The molecule has 0 unspecified atom stereocenters. The summed E-state index contributed by atoms with van der Waals surface area (Å²) < 4.78 is 25.9. The topological polar surface area (TPSA) is 66.1 Å². The lowest BCUT2D eigenvalue weighted by Gasteiger charge is -2.20. The third-order valence-corrected chi connectivity index (χ3v) is 5.12. The third-order valence-electron chi connectivity index (χ3n) is 3.39. The fourth-order valence-electron chi connectivity index (χ4n) is 2.01. The zero-order valence-electron chi connectivity index (χ0n) is 12.8. The summed E-state index contributed by atoms with van der Waals surface area (Å²) in [4.78, 5) is 0. The van der Waals surface area contributed by atoms with Gasteiger partial charge in [-0.25, -0.2) is 8.42 Å². The van der Waals surface area contributed by atoms with Crippen LogP contribution in [0.1, 0.15) is 31.9 Å². The van der Waals surface area contributed by atoms with Crippen molar-refractivity contribution in [2.75, 3.05) is 7.05 Å². The van der Waals surface area contributed by atoms with E-state index >= 15 is 0 Å². The molecule has 0 aliphatic carbocycles. The van der Waals surface area contributed by atoms with Gasteiger partial charge in [0.1, 0.15) is 0 Å². The van der Waals surface area contributed by atoms with Crippen molar-refractivity contribution in [3.8, 4) is 0 Å². The van der Waals surface area contributed by atoms with E-state index in [-0.39, 0.29) is 10.4 Å². The maximum atomic E-state index is 12.3. The number of nitrogens with one attached hydrogen (secondary N) is 1. The number of nitrogens with zero attached hydrogens (tertiary/aromatic N) is 2. The second-order valence-corrected chi connectivity index (χ2v) is 8.14. The molecule has 114 valence electrons. The number of sulfonamides is 1. The molecule has 0 aliphatic rings. The summed E-state index contributed by atoms with van der Waals surface area (Å²) in [6.07, 6.45) is 1.43. The van der Waals surface area contributed by atoms with E-state index in [2.05, 4.69) is 31.0 Å². The molecule has 5 nitrogen and oxygen atoms in total. The van der Waals surface area contributed by atoms with Gasteiger partial charge in [0.05, 0.1) is 6.20 Å². The summed E-state index contributed by atoms with van der Waals surface area (Å²) in [5.41, 5.74) is 2.27. The van der Waals surface area contributed by atoms with Gasteiger partial charge < -0.3 is 0 Å². The summed E-state index contributed by atoms with van der Waals surface area (Å²) >= 11 is 0. The normalized spacial score (nSPS) is 12.8. The minimum absolute atomic E-state index is 0.0897. The first-order chi connectivity index (χ1) is 9.71. The fraction of sp³-hybridized carbons (Fsp3) is 0.400.